The first-order valence-electron chi connectivity index (χ1n) is 9.04. The average Bonchev–Trinajstić information content (AvgIpc) is 2.61. The lowest BCUT2D eigenvalue weighted by molar-refractivity contribution is -0.143. The summed E-state index contributed by atoms with van der Waals surface area (Å²) in [5.41, 5.74) is 0. The summed E-state index contributed by atoms with van der Waals surface area (Å²) in [7, 11) is 0. The second kappa shape index (κ2) is 10.5. The maximum atomic E-state index is 11.9. The number of benzene rings is 2. The fourth-order valence-corrected chi connectivity index (χ4v) is 2.53. The van der Waals surface area contributed by atoms with Gasteiger partial charge in [0.25, 0.3) is 0 Å². The van der Waals surface area contributed by atoms with E-state index in [-0.39, 0.29) is 11.9 Å². The molecule has 2 aromatic rings. The Morgan fingerprint density at radius 1 is 0.840 bits per heavy atom. The molecular formula is C21H26O4. The van der Waals surface area contributed by atoms with Gasteiger partial charge in [-0.1, -0.05) is 50.1 Å². The number of carbonyl (C=O) groups excluding carboxylic acids is 2. The van der Waals surface area contributed by atoms with E-state index in [9.17, 15) is 9.59 Å². The molecule has 2 rings (SSSR count). The first kappa shape index (κ1) is 19.0. The van der Waals surface area contributed by atoms with Crippen LogP contribution in [0.2, 0.25) is 0 Å². The number of hydrogen-bond acceptors (Lipinski definition) is 4. The topological polar surface area (TPSA) is 52.6 Å². The molecule has 25 heavy (non-hydrogen) atoms. The zero-order valence-corrected chi connectivity index (χ0v) is 14.8. The molecular weight excluding hydrogens is 316 g/mol. The highest BCUT2D eigenvalue weighted by atomic mass is 16.5. The van der Waals surface area contributed by atoms with Crippen LogP contribution < -0.4 is 4.74 Å². The standard InChI is InChI=1S/C21H26O4/c1-2-3-15-24-20(22)11-5-4-6-12-21(23)25-19-14-13-17-9-7-8-10-18(17)16-19/h7-10,13-14,16H,2-6,11-12,15H2,1H3. The van der Waals surface area contributed by atoms with E-state index in [0.29, 0.717) is 31.6 Å². The molecule has 0 spiro atoms. The van der Waals surface area contributed by atoms with Crippen molar-refractivity contribution in [2.45, 2.75) is 51.9 Å². The summed E-state index contributed by atoms with van der Waals surface area (Å²) < 4.78 is 10.5. The molecule has 134 valence electrons. The number of hydrogen-bond donors (Lipinski definition) is 0. The first-order chi connectivity index (χ1) is 12.2. The van der Waals surface area contributed by atoms with Crippen molar-refractivity contribution in [3.63, 3.8) is 0 Å². The highest BCUT2D eigenvalue weighted by Gasteiger charge is 2.07. The van der Waals surface area contributed by atoms with Crippen LogP contribution in [-0.2, 0) is 14.3 Å². The lowest BCUT2D eigenvalue weighted by Gasteiger charge is -2.06. The summed E-state index contributed by atoms with van der Waals surface area (Å²) in [5, 5.41) is 2.17. The van der Waals surface area contributed by atoms with Crippen LogP contribution in [-0.4, -0.2) is 18.5 Å². The fourth-order valence-electron chi connectivity index (χ4n) is 2.53. The number of esters is 2. The molecule has 0 amide bonds. The Kier molecular flexibility index (Phi) is 7.96. The monoisotopic (exact) mass is 342 g/mol. The highest BCUT2D eigenvalue weighted by molar-refractivity contribution is 5.84. The van der Waals surface area contributed by atoms with E-state index in [1.54, 1.807) is 0 Å². The van der Waals surface area contributed by atoms with Crippen molar-refractivity contribution in [1.82, 2.24) is 0 Å². The number of rotatable bonds is 10. The van der Waals surface area contributed by atoms with Gasteiger partial charge in [-0.3, -0.25) is 9.59 Å². The predicted octanol–water partition coefficient (Wildman–Crippen LogP) is 5.04. The van der Waals surface area contributed by atoms with Gasteiger partial charge in [-0.15, -0.1) is 0 Å². The van der Waals surface area contributed by atoms with Crippen molar-refractivity contribution >= 4 is 22.7 Å². The van der Waals surface area contributed by atoms with Crippen LogP contribution in [0.25, 0.3) is 10.8 Å². The van der Waals surface area contributed by atoms with E-state index in [4.69, 9.17) is 9.47 Å². The van der Waals surface area contributed by atoms with Crippen LogP contribution in [0.1, 0.15) is 51.9 Å². The summed E-state index contributed by atoms with van der Waals surface area (Å²) in [4.78, 5) is 23.4. The summed E-state index contributed by atoms with van der Waals surface area (Å²) in [6.07, 6.45) is 4.98. The minimum atomic E-state index is -0.235. The van der Waals surface area contributed by atoms with Gasteiger partial charge in [0.1, 0.15) is 5.75 Å². The quantitative estimate of drug-likeness (QED) is 0.345. The SMILES string of the molecule is CCCCOC(=O)CCCCCC(=O)Oc1ccc2ccccc2c1. The van der Waals surface area contributed by atoms with Crippen molar-refractivity contribution < 1.29 is 19.1 Å². The first-order valence-corrected chi connectivity index (χ1v) is 9.04. The van der Waals surface area contributed by atoms with E-state index >= 15 is 0 Å². The Morgan fingerprint density at radius 3 is 2.32 bits per heavy atom. The van der Waals surface area contributed by atoms with Crippen LogP contribution in [0.4, 0.5) is 0 Å². The maximum Gasteiger partial charge on any atom is 0.311 e. The molecule has 0 bridgehead atoms. The van der Waals surface area contributed by atoms with Gasteiger partial charge in [-0.05, 0) is 42.2 Å². The summed E-state index contributed by atoms with van der Waals surface area (Å²) in [6.45, 7) is 2.57. The molecule has 0 aliphatic rings. The second-order valence-electron chi connectivity index (χ2n) is 6.12. The largest absolute Gasteiger partial charge is 0.466 e. The third-order valence-electron chi connectivity index (χ3n) is 3.98. The molecule has 0 N–H and O–H groups in total. The molecule has 0 unspecified atom stereocenters. The van der Waals surface area contributed by atoms with Gasteiger partial charge in [0.2, 0.25) is 0 Å². The zero-order chi connectivity index (χ0) is 17.9. The smallest absolute Gasteiger partial charge is 0.311 e. The third kappa shape index (κ3) is 6.96. The lowest BCUT2D eigenvalue weighted by Crippen LogP contribution is -2.08. The molecule has 0 atom stereocenters. The van der Waals surface area contributed by atoms with Gasteiger partial charge in [-0.2, -0.15) is 0 Å². The van der Waals surface area contributed by atoms with Crippen LogP contribution in [0.15, 0.2) is 42.5 Å². The van der Waals surface area contributed by atoms with Crippen LogP contribution in [0.3, 0.4) is 0 Å². The Balaban J connectivity index is 1.62. The molecule has 0 aliphatic heterocycles. The van der Waals surface area contributed by atoms with E-state index in [0.717, 1.165) is 36.5 Å². The van der Waals surface area contributed by atoms with E-state index in [1.165, 1.54) is 0 Å². The molecule has 0 heterocycles. The van der Waals surface area contributed by atoms with Crippen LogP contribution in [0.5, 0.6) is 5.75 Å². The normalized spacial score (nSPS) is 10.6. The van der Waals surface area contributed by atoms with E-state index in [2.05, 4.69) is 6.92 Å². The molecule has 0 fully saturated rings. The summed E-state index contributed by atoms with van der Waals surface area (Å²) in [6, 6.07) is 13.6. The number of unbranched alkanes of at least 4 members (excludes halogenated alkanes) is 3. The van der Waals surface area contributed by atoms with Gasteiger partial charge in [0.15, 0.2) is 0 Å². The third-order valence-corrected chi connectivity index (χ3v) is 3.98. The second-order valence-corrected chi connectivity index (χ2v) is 6.12. The molecule has 0 radical (unpaired) electrons. The van der Waals surface area contributed by atoms with E-state index in [1.807, 2.05) is 42.5 Å². The maximum absolute atomic E-state index is 11.9. The van der Waals surface area contributed by atoms with Gasteiger partial charge >= 0.3 is 11.9 Å². The Labute approximate surface area is 149 Å². The van der Waals surface area contributed by atoms with Crippen molar-refractivity contribution in [2.24, 2.45) is 0 Å². The predicted molar refractivity (Wildman–Crippen MR) is 98.5 cm³/mol. The van der Waals surface area contributed by atoms with Crippen molar-refractivity contribution in [1.29, 1.82) is 0 Å². The highest BCUT2D eigenvalue weighted by Crippen LogP contribution is 2.21. The van der Waals surface area contributed by atoms with Crippen LogP contribution in [0, 0.1) is 0 Å². The van der Waals surface area contributed by atoms with Gasteiger partial charge in [0.05, 0.1) is 6.61 Å². The zero-order valence-electron chi connectivity index (χ0n) is 14.8. The minimum absolute atomic E-state index is 0.146. The van der Waals surface area contributed by atoms with Gasteiger partial charge < -0.3 is 9.47 Å². The Bertz CT molecular complexity index is 693. The molecule has 0 aliphatic carbocycles. The fraction of sp³-hybridized carbons (Fsp3) is 0.429. The number of carbonyl (C=O) groups is 2. The van der Waals surface area contributed by atoms with Crippen LogP contribution >= 0.6 is 0 Å². The van der Waals surface area contributed by atoms with Crippen molar-refractivity contribution in [3.8, 4) is 5.75 Å². The number of fused-ring (bicyclic) bond motifs is 1. The minimum Gasteiger partial charge on any atom is -0.466 e. The molecule has 0 aromatic heterocycles. The van der Waals surface area contributed by atoms with Gasteiger partial charge in [0, 0.05) is 12.8 Å². The molecule has 0 saturated carbocycles. The molecule has 4 nitrogen and oxygen atoms in total. The summed E-state index contributed by atoms with van der Waals surface area (Å²) in [5.74, 6) is 0.191. The van der Waals surface area contributed by atoms with Gasteiger partial charge in [-0.25, -0.2) is 0 Å². The Hall–Kier alpha value is -2.36. The molecule has 2 aromatic carbocycles. The van der Waals surface area contributed by atoms with Crippen molar-refractivity contribution in [2.75, 3.05) is 6.61 Å². The molecule has 0 saturated heterocycles. The number of ether oxygens (including phenoxy) is 2. The lowest BCUT2D eigenvalue weighted by atomic mass is 10.1. The summed E-state index contributed by atoms with van der Waals surface area (Å²) >= 11 is 0. The average molecular weight is 342 g/mol. The molecule has 4 heteroatoms. The Morgan fingerprint density at radius 2 is 1.56 bits per heavy atom. The van der Waals surface area contributed by atoms with Crippen molar-refractivity contribution in [3.05, 3.63) is 42.5 Å². The van der Waals surface area contributed by atoms with E-state index < -0.39 is 0 Å².